The molecule has 35 heavy (non-hydrogen) atoms. The van der Waals surface area contributed by atoms with Gasteiger partial charge in [-0.1, -0.05) is 71.8 Å². The Bertz CT molecular complexity index is 694. The van der Waals surface area contributed by atoms with Crippen molar-refractivity contribution in [1.29, 1.82) is 0 Å². The van der Waals surface area contributed by atoms with E-state index in [0.29, 0.717) is 23.8 Å². The Morgan fingerprint density at radius 3 is 2.51 bits per heavy atom. The van der Waals surface area contributed by atoms with Gasteiger partial charge in [0.25, 0.3) is 0 Å². The van der Waals surface area contributed by atoms with Gasteiger partial charge in [0.1, 0.15) is 0 Å². The zero-order chi connectivity index (χ0) is 24.8. The van der Waals surface area contributed by atoms with Crippen LogP contribution in [-0.4, -0.2) is 61.3 Å². The monoisotopic (exact) mass is 484 g/mol. The van der Waals surface area contributed by atoms with Crippen molar-refractivity contribution in [3.05, 3.63) is 11.8 Å². The Morgan fingerprint density at radius 2 is 1.74 bits per heavy atom. The van der Waals surface area contributed by atoms with Crippen molar-refractivity contribution in [3.63, 3.8) is 0 Å². The number of nitrogens with zero attached hydrogens (tertiary/aromatic N) is 3. The number of nitrogens with two attached hydrogens (primary N) is 1. The Balaban J connectivity index is 1.56. The van der Waals surface area contributed by atoms with E-state index in [1.165, 1.54) is 103 Å². The molecule has 0 aromatic heterocycles. The molecule has 0 aromatic carbocycles. The van der Waals surface area contributed by atoms with Crippen LogP contribution in [0.25, 0.3) is 0 Å². The number of hydrogen-bond acceptors (Lipinski definition) is 4. The number of rotatable bonds is 7. The minimum Gasteiger partial charge on any atom is -0.372 e. The Morgan fingerprint density at radius 1 is 0.971 bits per heavy atom. The highest BCUT2D eigenvalue weighted by atomic mass is 15.2. The molecule has 7 unspecified atom stereocenters. The minimum absolute atomic E-state index is 0.247. The van der Waals surface area contributed by atoms with E-state index in [1.807, 2.05) is 0 Å². The van der Waals surface area contributed by atoms with E-state index in [2.05, 4.69) is 49.9 Å². The maximum absolute atomic E-state index is 7.15. The van der Waals surface area contributed by atoms with Gasteiger partial charge in [0.2, 0.25) is 0 Å². The summed E-state index contributed by atoms with van der Waals surface area (Å²) in [7, 11) is 2.27. The summed E-state index contributed by atoms with van der Waals surface area (Å²) >= 11 is 0. The third-order valence-electron chi connectivity index (χ3n) is 10.2. The van der Waals surface area contributed by atoms with Crippen LogP contribution in [-0.2, 0) is 0 Å². The van der Waals surface area contributed by atoms with Crippen molar-refractivity contribution in [1.82, 2.24) is 9.80 Å². The molecule has 3 heterocycles. The first kappa shape index (κ1) is 27.2. The summed E-state index contributed by atoms with van der Waals surface area (Å²) in [6.45, 7) is 12.2. The maximum atomic E-state index is 7.15. The highest BCUT2D eigenvalue weighted by molar-refractivity contribution is 5.63. The smallest absolute Gasteiger partial charge is 0.0649 e. The van der Waals surface area contributed by atoms with Gasteiger partial charge in [-0.25, -0.2) is 0 Å². The van der Waals surface area contributed by atoms with Crippen molar-refractivity contribution in [2.24, 2.45) is 46.2 Å². The largest absolute Gasteiger partial charge is 0.372 e. The molecule has 0 amide bonds. The molecule has 4 heteroatoms. The lowest BCUT2D eigenvalue weighted by molar-refractivity contribution is 0.0986. The fourth-order valence-corrected chi connectivity index (χ4v) is 7.94. The summed E-state index contributed by atoms with van der Waals surface area (Å²) in [6, 6.07) is 0.605. The molecule has 5 aliphatic rings. The lowest BCUT2D eigenvalue weighted by Crippen LogP contribution is -2.52. The molecule has 2 bridgehead atoms. The number of likely N-dealkylation sites (N-methyl/N-ethyl adjacent to an activating group) is 1. The first-order chi connectivity index (χ1) is 17.0. The SMILES string of the molecule is CCCCCCC1/C=C(/N2CCN(C)CC2)CCC(C2C(N)C3CCCC[C@@H](C)C2C=N3)C(C)C1. The Kier molecular flexibility index (Phi) is 10.2. The highest BCUT2D eigenvalue weighted by Crippen LogP contribution is 2.45. The van der Waals surface area contributed by atoms with Crippen LogP contribution in [0.15, 0.2) is 16.8 Å². The number of unbranched alkanes of at least 4 members (excludes halogenated alkanes) is 3. The summed E-state index contributed by atoms with van der Waals surface area (Å²) in [5, 5.41) is 0. The second-order valence-electron chi connectivity index (χ2n) is 12.8. The van der Waals surface area contributed by atoms with Crippen molar-refractivity contribution in [2.45, 2.75) is 110 Å². The van der Waals surface area contributed by atoms with Gasteiger partial charge in [0, 0.05) is 50.1 Å². The average Bonchev–Trinajstić information content (AvgIpc) is 2.96. The van der Waals surface area contributed by atoms with E-state index < -0.39 is 0 Å². The lowest BCUT2D eigenvalue weighted by Gasteiger charge is -2.47. The summed E-state index contributed by atoms with van der Waals surface area (Å²) < 4.78 is 0. The van der Waals surface area contributed by atoms with Crippen LogP contribution in [0, 0.1) is 35.5 Å². The molecule has 2 aliphatic carbocycles. The summed E-state index contributed by atoms with van der Waals surface area (Å²) in [5.74, 6) is 4.09. The third-order valence-corrected chi connectivity index (χ3v) is 10.2. The molecule has 0 radical (unpaired) electrons. The van der Waals surface area contributed by atoms with E-state index in [0.717, 1.165) is 17.8 Å². The third kappa shape index (κ3) is 6.92. The fourth-order valence-electron chi connectivity index (χ4n) is 7.94. The van der Waals surface area contributed by atoms with E-state index in [1.54, 1.807) is 5.70 Å². The molecule has 5 rings (SSSR count). The first-order valence-electron chi connectivity index (χ1n) is 15.4. The zero-order valence-corrected chi connectivity index (χ0v) is 23.5. The van der Waals surface area contributed by atoms with Crippen molar-refractivity contribution >= 4 is 6.21 Å². The van der Waals surface area contributed by atoms with Crippen LogP contribution in [0.2, 0.25) is 0 Å². The number of allylic oxidation sites excluding steroid dienone is 2. The van der Waals surface area contributed by atoms with Gasteiger partial charge in [-0.2, -0.15) is 0 Å². The van der Waals surface area contributed by atoms with Gasteiger partial charge in [0.15, 0.2) is 0 Å². The van der Waals surface area contributed by atoms with Gasteiger partial charge in [0.05, 0.1) is 6.04 Å². The number of aliphatic imine (C=N–C) groups is 1. The van der Waals surface area contributed by atoms with E-state index in [9.17, 15) is 0 Å². The van der Waals surface area contributed by atoms with Gasteiger partial charge in [-0.05, 0) is 68.7 Å². The molecule has 0 aromatic rings. The molecule has 2 N–H and O–H groups in total. The predicted octanol–water partition coefficient (Wildman–Crippen LogP) is 6.36. The minimum atomic E-state index is 0.247. The Hall–Kier alpha value is -0.870. The number of piperazine rings is 1. The second-order valence-corrected chi connectivity index (χ2v) is 12.8. The number of hydrogen-bond donors (Lipinski definition) is 1. The fraction of sp³-hybridized carbons (Fsp3) is 0.903. The van der Waals surface area contributed by atoms with Gasteiger partial charge < -0.3 is 15.5 Å². The van der Waals surface area contributed by atoms with Crippen molar-refractivity contribution in [2.75, 3.05) is 33.2 Å². The Labute approximate surface area is 217 Å². The first-order valence-corrected chi connectivity index (χ1v) is 15.4. The van der Waals surface area contributed by atoms with Crippen molar-refractivity contribution < 1.29 is 0 Å². The standard InChI is InChI=1S/C31H56N4/c1-5-6-7-8-12-25-20-24(3)27(15-14-26(21-25)35-18-16-34(4)17-19-35)30-28-22-33-29(31(30)32)13-10-9-11-23(28)2/h21-25,27-31H,5-20,32H2,1-4H3/b26-21+/t23-,24?,25?,27?,28?,29?,30?,31?/m1/s1. The zero-order valence-electron chi connectivity index (χ0n) is 23.5. The maximum Gasteiger partial charge on any atom is 0.0649 e. The van der Waals surface area contributed by atoms with Crippen LogP contribution in [0.3, 0.4) is 0 Å². The van der Waals surface area contributed by atoms with Crippen LogP contribution in [0.5, 0.6) is 0 Å². The molecule has 1 saturated carbocycles. The lowest BCUT2D eigenvalue weighted by atomic mass is 9.62. The normalized spacial score (nSPS) is 40.8. The van der Waals surface area contributed by atoms with Crippen LogP contribution in [0.1, 0.15) is 97.8 Å². The molecule has 200 valence electrons. The second kappa shape index (κ2) is 13.1. The molecular formula is C31H56N4. The average molecular weight is 485 g/mol. The summed E-state index contributed by atoms with van der Waals surface area (Å²) in [4.78, 5) is 10.3. The molecule has 2 fully saturated rings. The summed E-state index contributed by atoms with van der Waals surface area (Å²) in [5.41, 5.74) is 8.81. The molecule has 4 nitrogen and oxygen atoms in total. The topological polar surface area (TPSA) is 44.9 Å². The predicted molar refractivity (Wildman–Crippen MR) is 151 cm³/mol. The van der Waals surface area contributed by atoms with E-state index in [-0.39, 0.29) is 6.04 Å². The van der Waals surface area contributed by atoms with Crippen molar-refractivity contribution in [3.8, 4) is 0 Å². The molecule has 1 saturated heterocycles. The number of fused-ring (bicyclic) bond motifs is 5. The molecule has 8 atom stereocenters. The summed E-state index contributed by atoms with van der Waals surface area (Å²) in [6.07, 6.45) is 21.1. The van der Waals surface area contributed by atoms with Gasteiger partial charge in [-0.3, -0.25) is 4.99 Å². The quantitative estimate of drug-likeness (QED) is 0.427. The van der Waals surface area contributed by atoms with E-state index in [4.69, 9.17) is 10.7 Å². The van der Waals surface area contributed by atoms with E-state index >= 15 is 0 Å². The molecule has 3 aliphatic heterocycles. The van der Waals surface area contributed by atoms with Crippen LogP contribution < -0.4 is 5.73 Å². The van der Waals surface area contributed by atoms with Crippen LogP contribution in [0.4, 0.5) is 0 Å². The van der Waals surface area contributed by atoms with Crippen LogP contribution >= 0.6 is 0 Å². The molecular weight excluding hydrogens is 428 g/mol. The van der Waals surface area contributed by atoms with Gasteiger partial charge >= 0.3 is 0 Å². The molecule has 0 spiro atoms. The highest BCUT2D eigenvalue weighted by Gasteiger charge is 2.44. The van der Waals surface area contributed by atoms with Gasteiger partial charge in [-0.15, -0.1) is 0 Å².